The summed E-state index contributed by atoms with van der Waals surface area (Å²) in [6.45, 7) is 0. The van der Waals surface area contributed by atoms with E-state index in [0.717, 1.165) is 0 Å². The second-order valence-electron chi connectivity index (χ2n) is 8.68. The lowest BCUT2D eigenvalue weighted by Crippen LogP contribution is -2.31. The van der Waals surface area contributed by atoms with Crippen molar-refractivity contribution in [3.05, 3.63) is 182 Å². The third-order valence-corrected chi connectivity index (χ3v) is 11.0. The second kappa shape index (κ2) is 13.1. The van der Waals surface area contributed by atoms with E-state index in [1.807, 2.05) is 0 Å². The minimum Gasteiger partial charge on any atom is -0.0620 e. The first kappa shape index (κ1) is 27.9. The monoisotopic (exact) mass is 552 g/mol. The molecule has 0 radical (unpaired) electrons. The summed E-state index contributed by atoms with van der Waals surface area (Å²) in [4.78, 5) is 0. The molecule has 0 saturated heterocycles. The molecular weight excluding hydrogens is 516 g/mol. The molecule has 0 nitrogen and oxygen atoms in total. The molecule has 0 aliphatic heterocycles. The lowest BCUT2D eigenvalue weighted by atomic mass is 10.3. The normalized spacial score (nSPS) is 11.2. The fourth-order valence-corrected chi connectivity index (χ4v) is 8.97. The molecule has 6 rings (SSSR count). The first-order chi connectivity index (χ1) is 19.6. The smallest absolute Gasteiger partial charge is 0.0620 e. The van der Waals surface area contributed by atoms with Gasteiger partial charge in [0.05, 0.1) is 31.8 Å². The predicted molar refractivity (Wildman–Crippen MR) is 190 cm³/mol. The molecule has 6 aromatic rings. The molecule has 40 heavy (non-hydrogen) atoms. The van der Waals surface area contributed by atoms with Gasteiger partial charge in [-0.15, -0.1) is 0 Å². The van der Waals surface area contributed by atoms with Gasteiger partial charge < -0.3 is 0 Å². The summed E-state index contributed by atoms with van der Waals surface area (Å²) in [7, 11) is -2.30. The van der Waals surface area contributed by atoms with Crippen molar-refractivity contribution in [2.45, 2.75) is 0 Å². The average Bonchev–Trinajstić information content (AvgIpc) is 3.07. The molecule has 0 atom stereocenters. The summed E-state index contributed by atoms with van der Waals surface area (Å²) >= 11 is 0. The topological polar surface area (TPSA) is 0 Å². The van der Waals surface area contributed by atoms with Crippen molar-refractivity contribution >= 4 is 61.2 Å². The van der Waals surface area contributed by atoms with Gasteiger partial charge in [0, 0.05) is 0 Å². The highest BCUT2D eigenvalue weighted by molar-refractivity contribution is 8.14. The van der Waals surface area contributed by atoms with Crippen molar-refractivity contribution in [1.29, 1.82) is 0 Å². The number of rotatable bonds is 6. The second-order valence-corrected chi connectivity index (χ2v) is 13.1. The Morgan fingerprint density at radius 3 is 0.475 bits per heavy atom. The van der Waals surface area contributed by atoms with Gasteiger partial charge in [0.2, 0.25) is 0 Å². The Morgan fingerprint density at radius 2 is 0.350 bits per heavy atom. The number of benzene rings is 6. The van der Waals surface area contributed by atoms with Crippen LogP contribution in [0.2, 0.25) is 0 Å². The Hall–Kier alpha value is -3.69. The fraction of sp³-hybridized carbons (Fsp3) is 0. The molecule has 0 fully saturated rings. The lowest BCUT2D eigenvalue weighted by Gasteiger charge is -2.30. The maximum atomic E-state index is 2.32. The van der Waals surface area contributed by atoms with E-state index in [4.69, 9.17) is 0 Å². The molecule has 0 bridgehead atoms. The summed E-state index contributed by atoms with van der Waals surface area (Å²) in [6.07, 6.45) is 0. The molecule has 4 heteroatoms. The maximum absolute atomic E-state index is 2.32. The largest absolute Gasteiger partial charge is 0.144 e. The van der Waals surface area contributed by atoms with Crippen LogP contribution in [0.5, 0.6) is 0 Å². The van der Waals surface area contributed by atoms with Crippen LogP contribution in [-0.4, -0.2) is 15.1 Å². The molecule has 0 spiro atoms. The van der Waals surface area contributed by atoms with E-state index in [1.165, 1.54) is 31.8 Å². The Balaban J connectivity index is 0.000000161. The van der Waals surface area contributed by atoms with E-state index < -0.39 is 14.3 Å². The van der Waals surface area contributed by atoms with Gasteiger partial charge in [-0.1, -0.05) is 123 Å². The molecule has 0 N–H and O–H groups in total. The van der Waals surface area contributed by atoms with Gasteiger partial charge in [-0.3, -0.25) is 0 Å². The molecule has 0 aromatic heterocycles. The van der Waals surface area contributed by atoms with Crippen LogP contribution in [-0.2, 0) is 0 Å². The molecular formula is C36H36B2P2. The predicted octanol–water partition coefficient (Wildman–Crippen LogP) is 4.52. The average molecular weight is 552 g/mol. The summed E-state index contributed by atoms with van der Waals surface area (Å²) in [5.41, 5.74) is 0. The van der Waals surface area contributed by atoms with Crippen LogP contribution in [0.3, 0.4) is 0 Å². The third kappa shape index (κ3) is 5.90. The number of hydrogen-bond donors (Lipinski definition) is 0. The Kier molecular flexibility index (Phi) is 9.13. The van der Waals surface area contributed by atoms with E-state index in [1.54, 1.807) is 0 Å². The standard InChI is InChI=1S/2C18H18BP/c2*19-20(16-10-4-1-5-11-16,17-12-6-2-7-13-17)18-14-8-3-9-15-18/h2*1-15H,19H3. The minimum absolute atomic E-state index is 0.128. The first-order valence-corrected chi connectivity index (χ1v) is 15.5. The highest BCUT2D eigenvalue weighted by atomic mass is 31.2. The van der Waals surface area contributed by atoms with Crippen LogP contribution in [0.1, 0.15) is 0 Å². The Bertz CT molecular complexity index is 1260. The SMILES string of the molecule is [BH3-][P+](c1ccccc1)(c1ccccc1)c1ccccc1.[BH3-][P+](c1ccccc1)(c1ccccc1)c1ccccc1. The zero-order valence-electron chi connectivity index (χ0n) is 21.2. The van der Waals surface area contributed by atoms with Crippen LogP contribution < -0.4 is 31.8 Å². The van der Waals surface area contributed by atoms with Gasteiger partial charge in [-0.2, -0.15) is 0 Å². The van der Waals surface area contributed by atoms with E-state index >= 15 is 0 Å². The van der Waals surface area contributed by atoms with Crippen molar-refractivity contribution in [3.63, 3.8) is 0 Å². The highest BCUT2D eigenvalue weighted by Gasteiger charge is 2.33. The molecule has 0 heterocycles. The van der Waals surface area contributed by atoms with Gasteiger partial charge in [-0.05, 0) is 72.8 Å². The van der Waals surface area contributed by atoms with Crippen molar-refractivity contribution < 1.29 is 0 Å². The van der Waals surface area contributed by atoms with E-state index in [2.05, 4.69) is 182 Å². The summed E-state index contributed by atoms with van der Waals surface area (Å²) in [5.74, 6) is 0. The zero-order chi connectivity index (χ0) is 27.7. The van der Waals surface area contributed by atoms with Gasteiger partial charge in [0.25, 0.3) is 0 Å². The van der Waals surface area contributed by atoms with Gasteiger partial charge in [0.1, 0.15) is 15.1 Å². The Labute approximate surface area is 242 Å². The first-order valence-electron chi connectivity index (χ1n) is 12.8. The van der Waals surface area contributed by atoms with Crippen LogP contribution in [0.25, 0.3) is 0 Å². The zero-order valence-corrected chi connectivity index (χ0v) is 23.0. The molecule has 0 amide bonds. The van der Waals surface area contributed by atoms with Crippen LogP contribution in [0.4, 0.5) is 0 Å². The van der Waals surface area contributed by atoms with Crippen molar-refractivity contribution in [3.8, 4) is 0 Å². The number of hydrogen-bond acceptors (Lipinski definition) is 0. The molecule has 0 unspecified atom stereocenters. The Morgan fingerprint density at radius 1 is 0.225 bits per heavy atom. The molecule has 196 valence electrons. The van der Waals surface area contributed by atoms with E-state index in [-0.39, 0.29) is 15.1 Å². The fourth-order valence-electron chi connectivity index (χ4n) is 4.36. The van der Waals surface area contributed by atoms with Crippen LogP contribution in [0.15, 0.2) is 182 Å². The van der Waals surface area contributed by atoms with E-state index in [9.17, 15) is 0 Å². The van der Waals surface area contributed by atoms with Crippen molar-refractivity contribution in [2.75, 3.05) is 0 Å². The maximum Gasteiger partial charge on any atom is 0.144 e. The molecule has 0 aliphatic carbocycles. The summed E-state index contributed by atoms with van der Waals surface area (Å²) < 4.78 is 0. The molecule has 6 aromatic carbocycles. The third-order valence-electron chi connectivity index (χ3n) is 6.09. The minimum atomic E-state index is -1.28. The van der Waals surface area contributed by atoms with Gasteiger partial charge in [-0.25, -0.2) is 0 Å². The quantitative estimate of drug-likeness (QED) is 0.211. The summed E-state index contributed by atoms with van der Waals surface area (Å²) in [6, 6.07) is 66.7. The van der Waals surface area contributed by atoms with Crippen LogP contribution >= 0.6 is 14.3 Å². The molecule has 0 aliphatic rings. The lowest BCUT2D eigenvalue weighted by molar-refractivity contribution is 1.73. The summed E-state index contributed by atoms with van der Waals surface area (Å²) in [5, 5.41) is 9.24. The van der Waals surface area contributed by atoms with Gasteiger partial charge >= 0.3 is 0 Å². The highest BCUT2D eigenvalue weighted by Crippen LogP contribution is 2.50. The van der Waals surface area contributed by atoms with Crippen molar-refractivity contribution in [2.24, 2.45) is 0 Å². The van der Waals surface area contributed by atoms with Gasteiger partial charge in [0.15, 0.2) is 0 Å². The van der Waals surface area contributed by atoms with Crippen LogP contribution in [0, 0.1) is 0 Å². The molecule has 0 saturated carbocycles. The van der Waals surface area contributed by atoms with E-state index in [0.29, 0.717) is 0 Å². The van der Waals surface area contributed by atoms with Crippen molar-refractivity contribution in [1.82, 2.24) is 0 Å².